The van der Waals surface area contributed by atoms with Crippen molar-refractivity contribution in [3.05, 3.63) is 29.8 Å². The minimum absolute atomic E-state index is 0.443. The Morgan fingerprint density at radius 2 is 2.42 bits per heavy atom. The lowest BCUT2D eigenvalue weighted by atomic mass is 10.3. The van der Waals surface area contributed by atoms with E-state index in [1.165, 1.54) is 12.3 Å². The van der Waals surface area contributed by atoms with Crippen LogP contribution < -0.4 is 11.1 Å². The van der Waals surface area contributed by atoms with E-state index in [0.29, 0.717) is 13.1 Å². The zero-order valence-electron chi connectivity index (χ0n) is 6.76. The second-order valence-corrected chi connectivity index (χ2v) is 2.45. The summed E-state index contributed by atoms with van der Waals surface area (Å²) in [6.07, 6.45) is 1.45. The molecule has 3 nitrogen and oxygen atoms in total. The van der Waals surface area contributed by atoms with E-state index in [1.54, 1.807) is 6.07 Å². The second-order valence-electron chi connectivity index (χ2n) is 2.45. The van der Waals surface area contributed by atoms with Gasteiger partial charge in [-0.25, -0.2) is 4.98 Å². The van der Waals surface area contributed by atoms with Gasteiger partial charge in [-0.05, 0) is 17.7 Å². The Labute approximate surface area is 70.8 Å². The van der Waals surface area contributed by atoms with E-state index in [4.69, 9.17) is 5.73 Å². The molecule has 0 atom stereocenters. The zero-order valence-corrected chi connectivity index (χ0v) is 6.76. The SMILES string of the molecule is NCCNCc1ccnc(F)c1. The molecule has 1 rings (SSSR count). The minimum Gasteiger partial charge on any atom is -0.329 e. The molecule has 0 radical (unpaired) electrons. The van der Waals surface area contributed by atoms with E-state index >= 15 is 0 Å². The highest BCUT2D eigenvalue weighted by Crippen LogP contribution is 1.98. The van der Waals surface area contributed by atoms with Crippen molar-refractivity contribution in [1.29, 1.82) is 0 Å². The average molecular weight is 169 g/mol. The number of halogens is 1. The van der Waals surface area contributed by atoms with Crippen molar-refractivity contribution >= 4 is 0 Å². The van der Waals surface area contributed by atoms with Gasteiger partial charge in [0, 0.05) is 25.8 Å². The van der Waals surface area contributed by atoms with E-state index in [2.05, 4.69) is 10.3 Å². The molecule has 0 aliphatic carbocycles. The second kappa shape index (κ2) is 4.79. The van der Waals surface area contributed by atoms with Gasteiger partial charge < -0.3 is 11.1 Å². The van der Waals surface area contributed by atoms with Gasteiger partial charge in [0.25, 0.3) is 0 Å². The van der Waals surface area contributed by atoms with Crippen molar-refractivity contribution in [3.8, 4) is 0 Å². The number of rotatable bonds is 4. The minimum atomic E-state index is -0.443. The Morgan fingerprint density at radius 1 is 1.58 bits per heavy atom. The highest BCUT2D eigenvalue weighted by atomic mass is 19.1. The Morgan fingerprint density at radius 3 is 3.08 bits per heavy atom. The van der Waals surface area contributed by atoms with E-state index in [1.807, 2.05) is 0 Å². The van der Waals surface area contributed by atoms with Crippen LogP contribution in [-0.4, -0.2) is 18.1 Å². The lowest BCUT2D eigenvalue weighted by molar-refractivity contribution is 0.578. The van der Waals surface area contributed by atoms with Crippen LogP contribution in [0.3, 0.4) is 0 Å². The maximum absolute atomic E-state index is 12.5. The molecule has 3 N–H and O–H groups in total. The summed E-state index contributed by atoms with van der Waals surface area (Å²) >= 11 is 0. The van der Waals surface area contributed by atoms with Crippen LogP contribution in [0.15, 0.2) is 18.3 Å². The average Bonchev–Trinajstić information content (AvgIpc) is 2.05. The van der Waals surface area contributed by atoms with Crippen molar-refractivity contribution in [1.82, 2.24) is 10.3 Å². The highest BCUT2D eigenvalue weighted by Gasteiger charge is 1.94. The molecule has 0 aromatic carbocycles. The Bertz CT molecular complexity index is 239. The van der Waals surface area contributed by atoms with Crippen LogP contribution in [0.25, 0.3) is 0 Å². The molecule has 1 aromatic rings. The van der Waals surface area contributed by atoms with Crippen molar-refractivity contribution in [2.75, 3.05) is 13.1 Å². The van der Waals surface area contributed by atoms with Crippen molar-refractivity contribution in [2.45, 2.75) is 6.54 Å². The summed E-state index contributed by atoms with van der Waals surface area (Å²) in [6, 6.07) is 3.18. The maximum Gasteiger partial charge on any atom is 0.213 e. The van der Waals surface area contributed by atoms with Gasteiger partial charge in [0.2, 0.25) is 5.95 Å². The molecular formula is C8H12FN3. The summed E-state index contributed by atoms with van der Waals surface area (Å²) in [5, 5.41) is 3.06. The number of nitrogens with two attached hydrogens (primary N) is 1. The largest absolute Gasteiger partial charge is 0.329 e. The quantitative estimate of drug-likeness (QED) is 0.502. The molecule has 0 fully saturated rings. The summed E-state index contributed by atoms with van der Waals surface area (Å²) in [5.41, 5.74) is 6.16. The first-order valence-corrected chi connectivity index (χ1v) is 3.84. The Kier molecular flexibility index (Phi) is 3.63. The predicted octanol–water partition coefficient (Wildman–Crippen LogP) is 0.269. The molecule has 0 amide bonds. The van der Waals surface area contributed by atoms with Crippen molar-refractivity contribution < 1.29 is 4.39 Å². The molecule has 0 bridgehead atoms. The summed E-state index contributed by atoms with van der Waals surface area (Å²) in [4.78, 5) is 3.45. The molecule has 1 heterocycles. The van der Waals surface area contributed by atoms with Gasteiger partial charge in [0.15, 0.2) is 0 Å². The summed E-state index contributed by atoms with van der Waals surface area (Å²) in [7, 11) is 0. The molecule has 4 heteroatoms. The fourth-order valence-corrected chi connectivity index (χ4v) is 0.887. The smallest absolute Gasteiger partial charge is 0.213 e. The molecule has 66 valence electrons. The topological polar surface area (TPSA) is 50.9 Å². The fraction of sp³-hybridized carbons (Fsp3) is 0.375. The Balaban J connectivity index is 2.41. The van der Waals surface area contributed by atoms with Crippen LogP contribution in [0.1, 0.15) is 5.56 Å². The lowest BCUT2D eigenvalue weighted by Gasteiger charge is -2.01. The third-order valence-electron chi connectivity index (χ3n) is 1.44. The fourth-order valence-electron chi connectivity index (χ4n) is 0.887. The molecule has 0 unspecified atom stereocenters. The first-order valence-electron chi connectivity index (χ1n) is 3.84. The molecule has 12 heavy (non-hydrogen) atoms. The van der Waals surface area contributed by atoms with Crippen LogP contribution >= 0.6 is 0 Å². The third-order valence-corrected chi connectivity index (χ3v) is 1.44. The lowest BCUT2D eigenvalue weighted by Crippen LogP contribution is -2.21. The Hall–Kier alpha value is -1.00. The first-order chi connectivity index (χ1) is 5.83. The maximum atomic E-state index is 12.5. The number of pyridine rings is 1. The van der Waals surface area contributed by atoms with E-state index in [-0.39, 0.29) is 0 Å². The number of nitrogens with one attached hydrogen (secondary N) is 1. The van der Waals surface area contributed by atoms with Gasteiger partial charge in [-0.15, -0.1) is 0 Å². The summed E-state index contributed by atoms with van der Waals surface area (Å²) in [5.74, 6) is -0.443. The number of hydrogen-bond donors (Lipinski definition) is 2. The predicted molar refractivity (Wildman–Crippen MR) is 45.0 cm³/mol. The molecule has 0 aliphatic heterocycles. The van der Waals surface area contributed by atoms with Gasteiger partial charge in [-0.3, -0.25) is 0 Å². The van der Waals surface area contributed by atoms with Crippen LogP contribution in [0, 0.1) is 5.95 Å². The normalized spacial score (nSPS) is 10.2. The number of hydrogen-bond acceptors (Lipinski definition) is 3. The van der Waals surface area contributed by atoms with E-state index in [9.17, 15) is 4.39 Å². The van der Waals surface area contributed by atoms with Crippen molar-refractivity contribution in [3.63, 3.8) is 0 Å². The van der Waals surface area contributed by atoms with Crippen LogP contribution in [0.2, 0.25) is 0 Å². The third kappa shape index (κ3) is 2.94. The van der Waals surface area contributed by atoms with Gasteiger partial charge in [-0.1, -0.05) is 0 Å². The van der Waals surface area contributed by atoms with Gasteiger partial charge in [0.1, 0.15) is 0 Å². The summed E-state index contributed by atoms with van der Waals surface area (Å²) in [6.45, 7) is 1.97. The highest BCUT2D eigenvalue weighted by molar-refractivity contribution is 5.10. The molecule has 0 saturated heterocycles. The molecule has 0 saturated carbocycles. The number of aromatic nitrogens is 1. The molecule has 1 aromatic heterocycles. The molecule has 0 aliphatic rings. The van der Waals surface area contributed by atoms with Crippen molar-refractivity contribution in [2.24, 2.45) is 5.73 Å². The van der Waals surface area contributed by atoms with Gasteiger partial charge >= 0.3 is 0 Å². The van der Waals surface area contributed by atoms with Crippen LogP contribution in [-0.2, 0) is 6.54 Å². The van der Waals surface area contributed by atoms with Gasteiger partial charge in [-0.2, -0.15) is 4.39 Å². The van der Waals surface area contributed by atoms with Crippen LogP contribution in [0.4, 0.5) is 4.39 Å². The molecular weight excluding hydrogens is 157 g/mol. The zero-order chi connectivity index (χ0) is 8.81. The van der Waals surface area contributed by atoms with E-state index in [0.717, 1.165) is 12.1 Å². The first kappa shape index (κ1) is 9.09. The molecule has 0 spiro atoms. The van der Waals surface area contributed by atoms with Crippen LogP contribution in [0.5, 0.6) is 0 Å². The monoisotopic (exact) mass is 169 g/mol. The summed E-state index contributed by atoms with van der Waals surface area (Å²) < 4.78 is 12.5. The standard InChI is InChI=1S/C8H12FN3/c9-8-5-7(1-3-12-8)6-11-4-2-10/h1,3,5,11H,2,4,6,10H2. The van der Waals surface area contributed by atoms with E-state index < -0.39 is 5.95 Å². The van der Waals surface area contributed by atoms with Gasteiger partial charge in [0.05, 0.1) is 0 Å². The number of nitrogens with zero attached hydrogens (tertiary/aromatic N) is 1.